The lowest BCUT2D eigenvalue weighted by atomic mass is 10.2. The highest BCUT2D eigenvalue weighted by atomic mass is 32.1. The zero-order valence-corrected chi connectivity index (χ0v) is 13.4. The maximum absolute atomic E-state index is 11.3. The highest BCUT2D eigenvalue weighted by Crippen LogP contribution is 2.26. The second kappa shape index (κ2) is 6.83. The van der Waals surface area contributed by atoms with E-state index in [-0.39, 0.29) is 11.6 Å². The molecule has 2 rings (SSSR count). The van der Waals surface area contributed by atoms with E-state index < -0.39 is 5.97 Å². The van der Waals surface area contributed by atoms with Crippen LogP contribution in [0.25, 0.3) is 0 Å². The zero-order chi connectivity index (χ0) is 15.4. The van der Waals surface area contributed by atoms with Crippen molar-refractivity contribution in [3.05, 3.63) is 51.5 Å². The number of aromatic carboxylic acids is 1. The Morgan fingerprint density at radius 3 is 2.52 bits per heavy atom. The first-order chi connectivity index (χ1) is 9.97. The molecule has 112 valence electrons. The van der Waals surface area contributed by atoms with E-state index in [1.165, 1.54) is 16.9 Å². The van der Waals surface area contributed by atoms with E-state index in [0.29, 0.717) is 6.54 Å². The van der Waals surface area contributed by atoms with Gasteiger partial charge in [-0.2, -0.15) is 0 Å². The van der Waals surface area contributed by atoms with Gasteiger partial charge in [0.25, 0.3) is 0 Å². The number of carbonyl (C=O) groups is 1. The molecule has 0 saturated heterocycles. The number of hydrogen-bond acceptors (Lipinski definition) is 4. The highest BCUT2D eigenvalue weighted by molar-refractivity contribution is 7.12. The molecule has 0 saturated carbocycles. The molecule has 0 atom stereocenters. The average molecular weight is 304 g/mol. The van der Waals surface area contributed by atoms with Gasteiger partial charge >= 0.3 is 5.97 Å². The molecule has 0 radical (unpaired) electrons. The van der Waals surface area contributed by atoms with Crippen LogP contribution in [-0.2, 0) is 13.1 Å². The zero-order valence-electron chi connectivity index (χ0n) is 12.5. The van der Waals surface area contributed by atoms with Crippen LogP contribution in [0.15, 0.2) is 30.3 Å². The van der Waals surface area contributed by atoms with Crippen LogP contribution in [0.5, 0.6) is 0 Å². The van der Waals surface area contributed by atoms with Gasteiger partial charge in [-0.05, 0) is 12.6 Å². The summed E-state index contributed by atoms with van der Waals surface area (Å²) in [5, 5.41) is 10.2. The molecule has 2 aromatic rings. The van der Waals surface area contributed by atoms with E-state index in [0.717, 1.165) is 16.4 Å². The molecule has 1 aromatic heterocycles. The summed E-state index contributed by atoms with van der Waals surface area (Å²) in [4.78, 5) is 18.5. The molecule has 1 heterocycles. The normalized spacial score (nSPS) is 11.3. The number of carboxylic acids is 1. The summed E-state index contributed by atoms with van der Waals surface area (Å²) < 4.78 is 0. The molecule has 0 unspecified atom stereocenters. The molecule has 1 aromatic carbocycles. The Hall–Kier alpha value is -1.72. The van der Waals surface area contributed by atoms with E-state index in [4.69, 9.17) is 0 Å². The Bertz CT molecular complexity index is 608. The summed E-state index contributed by atoms with van der Waals surface area (Å²) in [6, 6.07) is 10.1. The summed E-state index contributed by atoms with van der Waals surface area (Å²) in [5.41, 5.74) is 1.41. The number of benzene rings is 1. The van der Waals surface area contributed by atoms with Crippen molar-refractivity contribution in [2.45, 2.75) is 32.9 Å². The third-order valence-corrected chi connectivity index (χ3v) is 4.46. The number of thiazole rings is 1. The van der Waals surface area contributed by atoms with Gasteiger partial charge in [-0.25, -0.2) is 9.78 Å². The van der Waals surface area contributed by atoms with Crippen LogP contribution in [0.3, 0.4) is 0 Å². The minimum absolute atomic E-state index is 0.198. The van der Waals surface area contributed by atoms with Gasteiger partial charge in [0, 0.05) is 19.0 Å². The predicted octanol–water partition coefficient (Wildman–Crippen LogP) is 3.60. The first kappa shape index (κ1) is 15.7. The lowest BCUT2D eigenvalue weighted by Crippen LogP contribution is -2.18. The molecule has 21 heavy (non-hydrogen) atoms. The smallest absolute Gasteiger partial charge is 0.355 e. The fourth-order valence-electron chi connectivity index (χ4n) is 2.09. The van der Waals surface area contributed by atoms with E-state index in [2.05, 4.69) is 22.0 Å². The number of carboxylic acid groups (broad SMARTS) is 1. The van der Waals surface area contributed by atoms with Crippen molar-refractivity contribution >= 4 is 17.3 Å². The minimum Gasteiger partial charge on any atom is -0.476 e. The second-order valence-corrected chi connectivity index (χ2v) is 6.56. The third kappa shape index (κ3) is 4.12. The van der Waals surface area contributed by atoms with Crippen LogP contribution in [0.2, 0.25) is 0 Å². The van der Waals surface area contributed by atoms with E-state index in [1.54, 1.807) is 0 Å². The van der Waals surface area contributed by atoms with Gasteiger partial charge in [-0.3, -0.25) is 4.90 Å². The van der Waals surface area contributed by atoms with Crippen LogP contribution in [0.4, 0.5) is 0 Å². The summed E-state index contributed by atoms with van der Waals surface area (Å²) in [7, 11) is 1.99. The van der Waals surface area contributed by atoms with E-state index >= 15 is 0 Å². The van der Waals surface area contributed by atoms with Crippen molar-refractivity contribution in [2.24, 2.45) is 0 Å². The van der Waals surface area contributed by atoms with Gasteiger partial charge in [0.1, 0.15) is 0 Å². The van der Waals surface area contributed by atoms with Crippen molar-refractivity contribution in [3.8, 4) is 0 Å². The monoisotopic (exact) mass is 304 g/mol. The van der Waals surface area contributed by atoms with Crippen LogP contribution in [0.1, 0.15) is 45.7 Å². The second-order valence-electron chi connectivity index (χ2n) is 5.44. The van der Waals surface area contributed by atoms with Crippen LogP contribution in [-0.4, -0.2) is 28.0 Å². The molecule has 0 aliphatic heterocycles. The standard InChI is InChI=1S/C16H20N2O2S/c1-11(2)15-17-14(16(19)20)13(21-15)10-18(3)9-12-7-5-4-6-8-12/h4-8,11H,9-10H2,1-3H3,(H,19,20). The third-order valence-electron chi connectivity index (χ3n) is 3.12. The predicted molar refractivity (Wildman–Crippen MR) is 84.8 cm³/mol. The van der Waals surface area contributed by atoms with Gasteiger partial charge in [0.15, 0.2) is 5.69 Å². The molecule has 0 bridgehead atoms. The number of rotatable bonds is 6. The minimum atomic E-state index is -0.943. The molecule has 0 aliphatic rings. The topological polar surface area (TPSA) is 53.4 Å². The SMILES string of the molecule is CC(C)c1nc(C(=O)O)c(CN(C)Cc2ccccc2)s1. The summed E-state index contributed by atoms with van der Waals surface area (Å²) >= 11 is 1.50. The fourth-order valence-corrected chi connectivity index (χ4v) is 3.23. The maximum atomic E-state index is 11.3. The molecular weight excluding hydrogens is 284 g/mol. The van der Waals surface area contributed by atoms with Crippen LogP contribution in [0, 0.1) is 0 Å². The van der Waals surface area contributed by atoms with Crippen LogP contribution < -0.4 is 0 Å². The Balaban J connectivity index is 2.12. The first-order valence-electron chi connectivity index (χ1n) is 6.92. The molecule has 5 heteroatoms. The number of nitrogens with zero attached hydrogens (tertiary/aromatic N) is 2. The lowest BCUT2D eigenvalue weighted by molar-refractivity contribution is 0.0689. The Morgan fingerprint density at radius 2 is 1.95 bits per heavy atom. The highest BCUT2D eigenvalue weighted by Gasteiger charge is 2.19. The largest absolute Gasteiger partial charge is 0.476 e. The lowest BCUT2D eigenvalue weighted by Gasteiger charge is -2.15. The molecular formula is C16H20N2O2S. The van der Waals surface area contributed by atoms with E-state index in [1.807, 2.05) is 39.1 Å². The summed E-state index contributed by atoms with van der Waals surface area (Å²) in [6.45, 7) is 5.44. The Morgan fingerprint density at radius 1 is 1.29 bits per heavy atom. The van der Waals surface area contributed by atoms with Gasteiger partial charge in [-0.1, -0.05) is 44.2 Å². The summed E-state index contributed by atoms with van der Waals surface area (Å²) in [5.74, 6) is -0.692. The van der Waals surface area contributed by atoms with Gasteiger partial charge in [-0.15, -0.1) is 11.3 Å². The molecule has 4 nitrogen and oxygen atoms in total. The quantitative estimate of drug-likeness (QED) is 0.886. The average Bonchev–Trinajstić information content (AvgIpc) is 2.84. The Kier molecular flexibility index (Phi) is 5.09. The van der Waals surface area contributed by atoms with Crippen LogP contribution >= 0.6 is 11.3 Å². The van der Waals surface area contributed by atoms with Gasteiger partial charge in [0.05, 0.1) is 9.88 Å². The Labute approximate surface area is 129 Å². The van der Waals surface area contributed by atoms with Crippen molar-refractivity contribution in [3.63, 3.8) is 0 Å². The van der Waals surface area contributed by atoms with Crippen molar-refractivity contribution < 1.29 is 9.90 Å². The summed E-state index contributed by atoms with van der Waals surface area (Å²) in [6.07, 6.45) is 0. The number of aromatic nitrogens is 1. The van der Waals surface area contributed by atoms with E-state index in [9.17, 15) is 9.90 Å². The van der Waals surface area contributed by atoms with Crippen molar-refractivity contribution in [1.29, 1.82) is 0 Å². The first-order valence-corrected chi connectivity index (χ1v) is 7.74. The van der Waals surface area contributed by atoms with Gasteiger partial charge < -0.3 is 5.11 Å². The van der Waals surface area contributed by atoms with Gasteiger partial charge in [0.2, 0.25) is 0 Å². The van der Waals surface area contributed by atoms with Crippen molar-refractivity contribution in [2.75, 3.05) is 7.05 Å². The molecule has 0 spiro atoms. The number of hydrogen-bond donors (Lipinski definition) is 1. The molecule has 1 N–H and O–H groups in total. The molecule has 0 aliphatic carbocycles. The molecule has 0 fully saturated rings. The molecule has 0 amide bonds. The maximum Gasteiger partial charge on any atom is 0.355 e. The fraction of sp³-hybridized carbons (Fsp3) is 0.375. The van der Waals surface area contributed by atoms with Crippen molar-refractivity contribution in [1.82, 2.24) is 9.88 Å².